The zero-order valence-electron chi connectivity index (χ0n) is 15.6. The lowest BCUT2D eigenvalue weighted by molar-refractivity contribution is -0.121. The van der Waals surface area contributed by atoms with Crippen molar-refractivity contribution < 1.29 is 32.3 Å². The molecule has 29 heavy (non-hydrogen) atoms. The Morgan fingerprint density at radius 3 is 2.31 bits per heavy atom. The second-order valence-electron chi connectivity index (χ2n) is 6.52. The van der Waals surface area contributed by atoms with Gasteiger partial charge in [-0.05, 0) is 37.6 Å². The van der Waals surface area contributed by atoms with Gasteiger partial charge in [0.05, 0.1) is 11.4 Å². The number of hydrogen-bond donors (Lipinski definition) is 2. The van der Waals surface area contributed by atoms with Crippen LogP contribution in [0, 0.1) is 30.2 Å². The van der Waals surface area contributed by atoms with Crippen LogP contribution in [0.15, 0.2) is 24.3 Å². The molecule has 0 spiro atoms. The predicted molar refractivity (Wildman–Crippen MR) is 96.8 cm³/mol. The molecule has 0 fully saturated rings. The SMILES string of the molecule is CNC(=O)C(C)c1c(C)n(C(=O)c2ccc(F)c(F)c2)c2cc(F)c(O)c(F)c12. The molecule has 0 aliphatic rings. The number of likely N-dealkylation sites (N-methyl/N-ethyl adjacent to an activating group) is 1. The van der Waals surface area contributed by atoms with Gasteiger partial charge in [-0.2, -0.15) is 0 Å². The molecule has 0 saturated carbocycles. The number of aromatic hydroxyl groups is 1. The fourth-order valence-electron chi connectivity index (χ4n) is 3.41. The molecule has 3 aromatic rings. The Balaban J connectivity index is 2.38. The van der Waals surface area contributed by atoms with Crippen molar-refractivity contribution in [1.29, 1.82) is 0 Å². The minimum absolute atomic E-state index is 0.0584. The largest absolute Gasteiger partial charge is 0.503 e. The number of carbonyl (C=O) groups excluding carboxylic acids is 2. The highest BCUT2D eigenvalue weighted by Crippen LogP contribution is 2.38. The lowest BCUT2D eigenvalue weighted by Crippen LogP contribution is -2.24. The highest BCUT2D eigenvalue weighted by molar-refractivity contribution is 6.05. The second-order valence-corrected chi connectivity index (χ2v) is 6.52. The van der Waals surface area contributed by atoms with Crippen LogP contribution < -0.4 is 5.32 Å². The molecule has 0 aliphatic carbocycles. The molecule has 2 N–H and O–H groups in total. The minimum Gasteiger partial charge on any atom is -0.503 e. The molecule has 0 aliphatic heterocycles. The van der Waals surface area contributed by atoms with Crippen molar-refractivity contribution in [3.05, 3.63) is 64.4 Å². The zero-order chi connectivity index (χ0) is 21.6. The van der Waals surface area contributed by atoms with Crippen LogP contribution in [-0.4, -0.2) is 28.5 Å². The van der Waals surface area contributed by atoms with Crippen molar-refractivity contribution >= 4 is 22.7 Å². The minimum atomic E-state index is -1.33. The van der Waals surface area contributed by atoms with Gasteiger partial charge in [-0.25, -0.2) is 17.6 Å². The van der Waals surface area contributed by atoms with Crippen molar-refractivity contribution in [1.82, 2.24) is 9.88 Å². The Bertz CT molecular complexity index is 1170. The molecule has 1 heterocycles. The highest BCUT2D eigenvalue weighted by atomic mass is 19.2. The Kier molecular flexibility index (Phi) is 5.08. The van der Waals surface area contributed by atoms with Gasteiger partial charge in [0.25, 0.3) is 5.91 Å². The number of carbonyl (C=O) groups is 2. The molecule has 9 heteroatoms. The maximum Gasteiger partial charge on any atom is 0.262 e. The van der Waals surface area contributed by atoms with Gasteiger partial charge in [-0.3, -0.25) is 14.2 Å². The number of phenolic OH excluding ortho intramolecular Hbond substituents is 1. The maximum atomic E-state index is 14.8. The van der Waals surface area contributed by atoms with Crippen molar-refractivity contribution in [2.75, 3.05) is 7.05 Å². The number of fused-ring (bicyclic) bond motifs is 1. The summed E-state index contributed by atoms with van der Waals surface area (Å²) in [4.78, 5) is 25.1. The summed E-state index contributed by atoms with van der Waals surface area (Å²) in [6.45, 7) is 2.85. The third kappa shape index (κ3) is 3.12. The van der Waals surface area contributed by atoms with Gasteiger partial charge in [0.2, 0.25) is 5.91 Å². The summed E-state index contributed by atoms with van der Waals surface area (Å²) in [6, 6.07) is 3.20. The number of nitrogens with zero attached hydrogens (tertiary/aromatic N) is 1. The van der Waals surface area contributed by atoms with Gasteiger partial charge in [0, 0.05) is 29.8 Å². The standard InChI is InChI=1S/C20H16F4N2O3/c1-8(19(28)25-3)15-9(2)26(14-7-13(23)18(27)17(24)16(14)15)20(29)10-4-5-11(21)12(22)6-10/h4-8,27H,1-3H3,(H,25,28). The summed E-state index contributed by atoms with van der Waals surface area (Å²) in [5.74, 6) is -8.66. The van der Waals surface area contributed by atoms with E-state index in [1.165, 1.54) is 20.9 Å². The van der Waals surface area contributed by atoms with E-state index in [-0.39, 0.29) is 27.7 Å². The molecule has 1 atom stereocenters. The molecular weight excluding hydrogens is 392 g/mol. The van der Waals surface area contributed by atoms with E-state index in [0.29, 0.717) is 6.07 Å². The Hall–Kier alpha value is -3.36. The van der Waals surface area contributed by atoms with E-state index in [1.807, 2.05) is 0 Å². The van der Waals surface area contributed by atoms with Crippen LogP contribution in [0.2, 0.25) is 0 Å². The topological polar surface area (TPSA) is 71.3 Å². The van der Waals surface area contributed by atoms with Gasteiger partial charge >= 0.3 is 0 Å². The Morgan fingerprint density at radius 1 is 1.07 bits per heavy atom. The Labute approximate surface area is 162 Å². The van der Waals surface area contributed by atoms with Crippen LogP contribution in [-0.2, 0) is 4.79 Å². The third-order valence-electron chi connectivity index (χ3n) is 4.85. The van der Waals surface area contributed by atoms with E-state index in [0.717, 1.165) is 22.8 Å². The molecule has 1 amide bonds. The Morgan fingerprint density at radius 2 is 1.72 bits per heavy atom. The summed E-state index contributed by atoms with van der Waals surface area (Å²) in [7, 11) is 1.37. The van der Waals surface area contributed by atoms with Gasteiger partial charge in [0.1, 0.15) is 0 Å². The normalized spacial score (nSPS) is 12.2. The van der Waals surface area contributed by atoms with Crippen molar-refractivity contribution in [2.24, 2.45) is 0 Å². The van der Waals surface area contributed by atoms with Crippen LogP contribution in [0.1, 0.15) is 34.5 Å². The number of nitrogens with one attached hydrogen (secondary N) is 1. The van der Waals surface area contributed by atoms with Gasteiger partial charge < -0.3 is 10.4 Å². The molecule has 0 radical (unpaired) electrons. The van der Waals surface area contributed by atoms with E-state index >= 15 is 0 Å². The molecule has 5 nitrogen and oxygen atoms in total. The predicted octanol–water partition coefficient (Wildman–Crippen LogP) is 3.75. The van der Waals surface area contributed by atoms with E-state index in [4.69, 9.17) is 0 Å². The molecule has 0 bridgehead atoms. The van der Waals surface area contributed by atoms with Gasteiger partial charge in [-0.15, -0.1) is 0 Å². The summed E-state index contributed by atoms with van der Waals surface area (Å²) in [5, 5.41) is 11.8. The van der Waals surface area contributed by atoms with Crippen molar-refractivity contribution in [2.45, 2.75) is 19.8 Å². The summed E-state index contributed by atoms with van der Waals surface area (Å²) >= 11 is 0. The lowest BCUT2D eigenvalue weighted by atomic mass is 9.96. The first-order valence-electron chi connectivity index (χ1n) is 8.53. The van der Waals surface area contributed by atoms with Crippen LogP contribution in [0.3, 0.4) is 0 Å². The molecule has 2 aromatic carbocycles. The van der Waals surface area contributed by atoms with Crippen molar-refractivity contribution in [3.63, 3.8) is 0 Å². The number of benzene rings is 2. The molecular formula is C20H16F4N2O3. The number of aromatic nitrogens is 1. The van der Waals surface area contributed by atoms with Crippen LogP contribution in [0.5, 0.6) is 5.75 Å². The number of amides is 1. The summed E-state index contributed by atoms with van der Waals surface area (Å²) in [5.41, 5.74) is -0.370. The molecule has 152 valence electrons. The molecule has 1 aromatic heterocycles. The van der Waals surface area contributed by atoms with E-state index in [9.17, 15) is 32.3 Å². The molecule has 0 saturated heterocycles. The third-order valence-corrected chi connectivity index (χ3v) is 4.85. The van der Waals surface area contributed by atoms with Crippen LogP contribution >= 0.6 is 0 Å². The zero-order valence-corrected chi connectivity index (χ0v) is 15.6. The fraction of sp³-hybridized carbons (Fsp3) is 0.200. The fourth-order valence-corrected chi connectivity index (χ4v) is 3.41. The van der Waals surface area contributed by atoms with Crippen LogP contribution in [0.25, 0.3) is 10.9 Å². The first kappa shape index (κ1) is 20.4. The van der Waals surface area contributed by atoms with E-state index < -0.39 is 46.8 Å². The smallest absolute Gasteiger partial charge is 0.262 e. The second kappa shape index (κ2) is 7.23. The monoisotopic (exact) mass is 408 g/mol. The summed E-state index contributed by atoms with van der Waals surface area (Å²) in [6.07, 6.45) is 0. The van der Waals surface area contributed by atoms with E-state index in [2.05, 4.69) is 5.32 Å². The van der Waals surface area contributed by atoms with Gasteiger partial charge in [-0.1, -0.05) is 0 Å². The average molecular weight is 408 g/mol. The average Bonchev–Trinajstić information content (AvgIpc) is 2.98. The number of hydrogen-bond acceptors (Lipinski definition) is 3. The van der Waals surface area contributed by atoms with Crippen molar-refractivity contribution in [3.8, 4) is 5.75 Å². The lowest BCUT2D eigenvalue weighted by Gasteiger charge is -2.12. The molecule has 3 rings (SSSR count). The highest BCUT2D eigenvalue weighted by Gasteiger charge is 2.30. The van der Waals surface area contributed by atoms with Gasteiger partial charge in [0.15, 0.2) is 29.0 Å². The number of halogens is 4. The number of phenols is 1. The maximum absolute atomic E-state index is 14.8. The number of rotatable bonds is 3. The van der Waals surface area contributed by atoms with Crippen LogP contribution in [0.4, 0.5) is 17.6 Å². The first-order valence-corrected chi connectivity index (χ1v) is 8.53. The first-order chi connectivity index (χ1) is 13.6. The molecule has 1 unspecified atom stereocenters. The quantitative estimate of drug-likeness (QED) is 0.649. The summed E-state index contributed by atoms with van der Waals surface area (Å²) < 4.78 is 56.5. The van der Waals surface area contributed by atoms with E-state index in [1.54, 1.807) is 0 Å².